The van der Waals surface area contributed by atoms with Gasteiger partial charge in [0, 0.05) is 31.6 Å². The molecule has 1 N–H and O–H groups in total. The van der Waals surface area contributed by atoms with Crippen molar-refractivity contribution in [3.8, 4) is 0 Å². The molecule has 2 heterocycles. The van der Waals surface area contributed by atoms with Crippen LogP contribution >= 0.6 is 0 Å². The van der Waals surface area contributed by atoms with Crippen molar-refractivity contribution >= 4 is 11.8 Å². The SMILES string of the molecule is CCC(C)C1NC(=O)CCN(C2CCN(C)C(C)C2)C1=O. The van der Waals surface area contributed by atoms with Gasteiger partial charge in [-0.2, -0.15) is 0 Å². The summed E-state index contributed by atoms with van der Waals surface area (Å²) in [7, 11) is 2.14. The van der Waals surface area contributed by atoms with E-state index in [1.165, 1.54) is 0 Å². The van der Waals surface area contributed by atoms with Gasteiger partial charge in [-0.05, 0) is 32.7 Å². The molecule has 5 nitrogen and oxygen atoms in total. The third kappa shape index (κ3) is 3.57. The summed E-state index contributed by atoms with van der Waals surface area (Å²) in [6.45, 7) is 7.91. The van der Waals surface area contributed by atoms with Crippen LogP contribution in [0.1, 0.15) is 46.5 Å². The van der Waals surface area contributed by atoms with Gasteiger partial charge in [-0.3, -0.25) is 9.59 Å². The second-order valence-electron chi connectivity index (χ2n) is 6.72. The van der Waals surface area contributed by atoms with Gasteiger partial charge in [0.25, 0.3) is 0 Å². The Kier molecular flexibility index (Phi) is 5.25. The van der Waals surface area contributed by atoms with Gasteiger partial charge in [0.2, 0.25) is 11.8 Å². The number of carbonyl (C=O) groups is 2. The Morgan fingerprint density at radius 3 is 2.67 bits per heavy atom. The molecule has 0 aromatic rings. The highest BCUT2D eigenvalue weighted by molar-refractivity contribution is 5.90. The Hall–Kier alpha value is -1.10. The van der Waals surface area contributed by atoms with Gasteiger partial charge in [0.15, 0.2) is 0 Å². The second kappa shape index (κ2) is 6.77. The minimum Gasteiger partial charge on any atom is -0.344 e. The van der Waals surface area contributed by atoms with E-state index in [1.54, 1.807) is 0 Å². The average Bonchev–Trinajstić information content (AvgIpc) is 2.61. The largest absolute Gasteiger partial charge is 0.344 e. The highest BCUT2D eigenvalue weighted by atomic mass is 16.2. The van der Waals surface area contributed by atoms with E-state index in [0.717, 1.165) is 25.8 Å². The minimum atomic E-state index is -0.347. The number of nitrogens with one attached hydrogen (secondary N) is 1. The number of amides is 2. The van der Waals surface area contributed by atoms with Crippen LogP contribution in [0.3, 0.4) is 0 Å². The van der Waals surface area contributed by atoms with Crippen LogP contribution in [0, 0.1) is 5.92 Å². The van der Waals surface area contributed by atoms with Gasteiger partial charge >= 0.3 is 0 Å². The normalized spacial score (nSPS) is 33.5. The van der Waals surface area contributed by atoms with Gasteiger partial charge in [0.05, 0.1) is 0 Å². The summed E-state index contributed by atoms with van der Waals surface area (Å²) in [6.07, 6.45) is 3.34. The van der Waals surface area contributed by atoms with Crippen LogP contribution in [0.5, 0.6) is 0 Å². The number of likely N-dealkylation sites (tertiary alicyclic amines) is 1. The van der Waals surface area contributed by atoms with Crippen molar-refractivity contribution < 1.29 is 9.59 Å². The van der Waals surface area contributed by atoms with E-state index in [1.807, 2.05) is 11.8 Å². The van der Waals surface area contributed by atoms with Crippen molar-refractivity contribution in [3.63, 3.8) is 0 Å². The molecule has 0 spiro atoms. The Labute approximate surface area is 128 Å². The maximum Gasteiger partial charge on any atom is 0.245 e. The number of hydrogen-bond acceptors (Lipinski definition) is 3. The lowest BCUT2D eigenvalue weighted by molar-refractivity contribution is -0.138. The summed E-state index contributed by atoms with van der Waals surface area (Å²) >= 11 is 0. The fourth-order valence-corrected chi connectivity index (χ4v) is 3.35. The third-order valence-electron chi connectivity index (χ3n) is 5.28. The van der Waals surface area contributed by atoms with Gasteiger partial charge in [-0.25, -0.2) is 0 Å². The van der Waals surface area contributed by atoms with E-state index in [2.05, 4.69) is 31.1 Å². The monoisotopic (exact) mass is 295 g/mol. The van der Waals surface area contributed by atoms with Crippen molar-refractivity contribution in [1.82, 2.24) is 15.1 Å². The molecule has 5 heteroatoms. The molecule has 2 aliphatic rings. The molecule has 0 aliphatic carbocycles. The molecule has 0 aromatic heterocycles. The summed E-state index contributed by atoms with van der Waals surface area (Å²) in [5.74, 6) is 0.319. The zero-order chi connectivity index (χ0) is 15.6. The summed E-state index contributed by atoms with van der Waals surface area (Å²) in [5, 5.41) is 2.93. The summed E-state index contributed by atoms with van der Waals surface area (Å²) in [5.41, 5.74) is 0. The standard InChI is InChI=1S/C16H29N3O2/c1-5-11(2)15-16(21)19(9-7-14(20)17-15)13-6-8-18(4)12(3)10-13/h11-13,15H,5-10H2,1-4H3,(H,17,20). The highest BCUT2D eigenvalue weighted by Gasteiger charge is 2.37. The molecule has 2 aliphatic heterocycles. The summed E-state index contributed by atoms with van der Waals surface area (Å²) in [6, 6.07) is 0.424. The molecular weight excluding hydrogens is 266 g/mol. The maximum absolute atomic E-state index is 12.9. The van der Waals surface area contributed by atoms with Gasteiger partial charge in [-0.15, -0.1) is 0 Å². The molecule has 0 aromatic carbocycles. The smallest absolute Gasteiger partial charge is 0.245 e. The van der Waals surface area contributed by atoms with E-state index >= 15 is 0 Å². The van der Waals surface area contributed by atoms with Gasteiger partial charge in [0.1, 0.15) is 6.04 Å². The van der Waals surface area contributed by atoms with Crippen molar-refractivity contribution in [3.05, 3.63) is 0 Å². The first-order valence-electron chi connectivity index (χ1n) is 8.24. The second-order valence-corrected chi connectivity index (χ2v) is 6.72. The first-order chi connectivity index (χ1) is 9.93. The zero-order valence-corrected chi connectivity index (χ0v) is 13.8. The molecule has 4 atom stereocenters. The molecule has 2 saturated heterocycles. The molecule has 2 amide bonds. The lowest BCUT2D eigenvalue weighted by Gasteiger charge is -2.41. The van der Waals surface area contributed by atoms with Crippen molar-refractivity contribution in [2.24, 2.45) is 5.92 Å². The lowest BCUT2D eigenvalue weighted by Crippen LogP contribution is -2.54. The predicted molar refractivity (Wildman–Crippen MR) is 82.8 cm³/mol. The lowest BCUT2D eigenvalue weighted by atomic mass is 9.94. The molecule has 2 fully saturated rings. The Morgan fingerprint density at radius 2 is 2.05 bits per heavy atom. The van der Waals surface area contributed by atoms with E-state index in [0.29, 0.717) is 19.0 Å². The van der Waals surface area contributed by atoms with E-state index < -0.39 is 0 Å². The molecule has 120 valence electrons. The highest BCUT2D eigenvalue weighted by Crippen LogP contribution is 2.24. The maximum atomic E-state index is 12.9. The van der Waals surface area contributed by atoms with Crippen LogP contribution in [0.2, 0.25) is 0 Å². The van der Waals surface area contributed by atoms with Crippen molar-refractivity contribution in [2.75, 3.05) is 20.1 Å². The third-order valence-corrected chi connectivity index (χ3v) is 5.28. The van der Waals surface area contributed by atoms with Gasteiger partial charge in [-0.1, -0.05) is 20.3 Å². The van der Waals surface area contributed by atoms with Crippen molar-refractivity contribution in [2.45, 2.75) is 64.6 Å². The molecule has 21 heavy (non-hydrogen) atoms. The average molecular weight is 295 g/mol. The zero-order valence-electron chi connectivity index (χ0n) is 13.8. The predicted octanol–water partition coefficient (Wildman–Crippen LogP) is 1.23. The van der Waals surface area contributed by atoms with Crippen molar-refractivity contribution in [1.29, 1.82) is 0 Å². The van der Waals surface area contributed by atoms with Crippen LogP contribution in [0.4, 0.5) is 0 Å². The molecule has 0 radical (unpaired) electrons. The summed E-state index contributed by atoms with van der Waals surface area (Å²) < 4.78 is 0. The quantitative estimate of drug-likeness (QED) is 0.852. The first kappa shape index (κ1) is 16.3. The molecular formula is C16H29N3O2. The minimum absolute atomic E-state index is 0.0112. The van der Waals surface area contributed by atoms with Crippen LogP contribution in [0.15, 0.2) is 0 Å². The Morgan fingerprint density at radius 1 is 1.33 bits per heavy atom. The first-order valence-corrected chi connectivity index (χ1v) is 8.24. The van der Waals surface area contributed by atoms with Crippen LogP contribution < -0.4 is 5.32 Å². The van der Waals surface area contributed by atoms with Crippen LogP contribution in [-0.4, -0.2) is 59.9 Å². The topological polar surface area (TPSA) is 52.7 Å². The molecule has 2 rings (SSSR count). The van der Waals surface area contributed by atoms with E-state index in [-0.39, 0.29) is 29.8 Å². The number of carbonyl (C=O) groups excluding carboxylic acids is 2. The molecule has 0 bridgehead atoms. The molecule has 0 saturated carbocycles. The summed E-state index contributed by atoms with van der Waals surface area (Å²) in [4.78, 5) is 29.1. The number of piperidine rings is 1. The van der Waals surface area contributed by atoms with Gasteiger partial charge < -0.3 is 15.1 Å². The molecule has 4 unspecified atom stereocenters. The van der Waals surface area contributed by atoms with Crippen LogP contribution in [0.25, 0.3) is 0 Å². The van der Waals surface area contributed by atoms with Crippen LogP contribution in [-0.2, 0) is 9.59 Å². The van der Waals surface area contributed by atoms with E-state index in [9.17, 15) is 9.59 Å². The Bertz CT molecular complexity index is 399. The number of rotatable bonds is 3. The Balaban J connectivity index is 2.14. The number of nitrogens with zero attached hydrogens (tertiary/aromatic N) is 2. The van der Waals surface area contributed by atoms with E-state index in [4.69, 9.17) is 0 Å². The number of hydrogen-bond donors (Lipinski definition) is 1. The fourth-order valence-electron chi connectivity index (χ4n) is 3.35. The fraction of sp³-hybridized carbons (Fsp3) is 0.875.